The first-order chi connectivity index (χ1) is 11.9. The Morgan fingerprint density at radius 2 is 1.88 bits per heavy atom. The summed E-state index contributed by atoms with van der Waals surface area (Å²) in [6.07, 6.45) is 5.48. The molecular weight excluding hydrogens is 414 g/mol. The van der Waals surface area contributed by atoms with E-state index in [1.807, 2.05) is 0 Å². The van der Waals surface area contributed by atoms with Gasteiger partial charge >= 0.3 is 10.2 Å². The summed E-state index contributed by atoms with van der Waals surface area (Å²) in [4.78, 5) is 0. The third-order valence-corrected chi connectivity index (χ3v) is 6.29. The zero-order valence-electron chi connectivity index (χ0n) is 13.3. The van der Waals surface area contributed by atoms with Crippen LogP contribution in [0.4, 0.5) is 14.5 Å². The number of hydrogen-bond acceptors (Lipinski definition) is 2. The lowest BCUT2D eigenvalue weighted by atomic mass is 10.0. The lowest BCUT2D eigenvalue weighted by molar-refractivity contribution is 0.475. The number of benzene rings is 1. The second-order valence-corrected chi connectivity index (χ2v) is 8.25. The smallest absolute Gasteiger partial charge is 0.260 e. The van der Waals surface area contributed by atoms with E-state index in [0.717, 1.165) is 16.1 Å². The van der Waals surface area contributed by atoms with Crippen molar-refractivity contribution in [3.05, 3.63) is 65.5 Å². The summed E-state index contributed by atoms with van der Waals surface area (Å²) in [6.45, 7) is 0.251. The second-order valence-electron chi connectivity index (χ2n) is 5.73. The number of hydrogen-bond donors (Lipinski definition) is 0. The first-order valence-electron chi connectivity index (χ1n) is 7.85. The van der Waals surface area contributed by atoms with Crippen LogP contribution in [0.15, 0.2) is 59.7 Å². The average Bonchev–Trinajstić information content (AvgIpc) is 2.57. The quantitative estimate of drug-likeness (QED) is 0.513. The van der Waals surface area contributed by atoms with Gasteiger partial charge in [0, 0.05) is 30.1 Å². The Labute approximate surface area is 154 Å². The molecule has 1 aromatic carbocycles. The highest BCUT2D eigenvalue weighted by atomic mass is 79.9. The van der Waals surface area contributed by atoms with Crippen molar-refractivity contribution in [3.8, 4) is 0 Å². The molecule has 0 saturated carbocycles. The molecule has 0 atom stereocenters. The number of allylic oxidation sites excluding steroid dienone is 4. The fourth-order valence-electron chi connectivity index (χ4n) is 2.80. The van der Waals surface area contributed by atoms with Crippen molar-refractivity contribution in [2.75, 3.05) is 16.2 Å². The van der Waals surface area contributed by atoms with Gasteiger partial charge in [0.25, 0.3) is 0 Å². The predicted molar refractivity (Wildman–Crippen MR) is 97.5 cm³/mol. The molecule has 1 aromatic rings. The normalized spacial score (nSPS) is 19.1. The van der Waals surface area contributed by atoms with E-state index in [2.05, 4.69) is 15.9 Å². The number of nitrogens with zero attached hydrogens (tertiary/aromatic N) is 2. The van der Waals surface area contributed by atoms with Crippen LogP contribution in [0.1, 0.15) is 19.3 Å². The molecule has 0 spiro atoms. The molecule has 0 saturated heterocycles. The summed E-state index contributed by atoms with van der Waals surface area (Å²) in [5.41, 5.74) is 0.723. The highest BCUT2D eigenvalue weighted by Crippen LogP contribution is 2.39. The first-order valence-corrected chi connectivity index (χ1v) is 10.4. The van der Waals surface area contributed by atoms with Crippen LogP contribution >= 0.6 is 15.9 Å². The number of alkyl halides is 1. The Bertz CT molecular complexity index is 865. The molecule has 2 aliphatic rings. The predicted octanol–water partition coefficient (Wildman–Crippen LogP) is 4.39. The van der Waals surface area contributed by atoms with Gasteiger partial charge in [0.1, 0.15) is 11.6 Å². The highest BCUT2D eigenvalue weighted by molar-refractivity contribution is 9.09. The standard InChI is InChI=1S/C17H17BrF2N2O2S/c18-9-3-4-10-21-12-13-11-14(19)7-8-16(13)22(25(21,23)24)17-6-2-1-5-15(17)20/h1-2,5-8,12H,3-4,9-11H2. The zero-order valence-corrected chi connectivity index (χ0v) is 15.7. The molecule has 1 aliphatic heterocycles. The molecule has 0 aromatic heterocycles. The highest BCUT2D eigenvalue weighted by Gasteiger charge is 2.38. The van der Waals surface area contributed by atoms with E-state index in [9.17, 15) is 17.2 Å². The minimum atomic E-state index is -3.99. The van der Waals surface area contributed by atoms with Crippen molar-refractivity contribution in [1.82, 2.24) is 4.31 Å². The van der Waals surface area contributed by atoms with E-state index in [1.54, 1.807) is 6.07 Å². The topological polar surface area (TPSA) is 40.6 Å². The van der Waals surface area contributed by atoms with Gasteiger partial charge in [-0.15, -0.1) is 0 Å². The van der Waals surface area contributed by atoms with E-state index in [0.29, 0.717) is 12.0 Å². The number of fused-ring (bicyclic) bond motifs is 1. The maximum Gasteiger partial charge on any atom is 0.330 e. The maximum atomic E-state index is 14.3. The number of halogens is 3. The van der Waals surface area contributed by atoms with Crippen molar-refractivity contribution in [1.29, 1.82) is 0 Å². The molecule has 1 heterocycles. The van der Waals surface area contributed by atoms with Gasteiger partial charge in [-0.2, -0.15) is 8.42 Å². The van der Waals surface area contributed by atoms with Gasteiger partial charge in [0.05, 0.1) is 11.4 Å². The van der Waals surface area contributed by atoms with Crippen LogP contribution in [0.3, 0.4) is 0 Å². The minimum absolute atomic E-state index is 0.0126. The van der Waals surface area contributed by atoms with Crippen LogP contribution < -0.4 is 4.31 Å². The monoisotopic (exact) mass is 430 g/mol. The maximum absolute atomic E-state index is 14.3. The summed E-state index contributed by atoms with van der Waals surface area (Å²) in [5, 5.41) is 0.761. The van der Waals surface area contributed by atoms with Crippen LogP contribution in [0.5, 0.6) is 0 Å². The average molecular weight is 431 g/mol. The summed E-state index contributed by atoms with van der Waals surface area (Å²) in [6, 6.07) is 5.68. The number of rotatable bonds is 5. The number of para-hydroxylation sites is 1. The third kappa shape index (κ3) is 3.50. The molecule has 0 fully saturated rings. The largest absolute Gasteiger partial charge is 0.330 e. The van der Waals surface area contributed by atoms with Crippen LogP contribution in [0.25, 0.3) is 0 Å². The molecule has 0 unspecified atom stereocenters. The summed E-state index contributed by atoms with van der Waals surface area (Å²) in [7, 11) is -3.99. The van der Waals surface area contributed by atoms with Gasteiger partial charge in [0.2, 0.25) is 0 Å². The van der Waals surface area contributed by atoms with Crippen molar-refractivity contribution in [3.63, 3.8) is 0 Å². The molecule has 8 heteroatoms. The molecule has 0 bridgehead atoms. The van der Waals surface area contributed by atoms with Gasteiger partial charge in [-0.1, -0.05) is 28.1 Å². The van der Waals surface area contributed by atoms with Gasteiger partial charge in [-0.25, -0.2) is 13.1 Å². The van der Waals surface area contributed by atoms with Crippen molar-refractivity contribution in [2.24, 2.45) is 0 Å². The molecule has 134 valence electrons. The Kier molecular flexibility index (Phi) is 5.29. The number of anilines is 1. The minimum Gasteiger partial charge on any atom is -0.260 e. The molecule has 3 rings (SSSR count). The molecule has 4 nitrogen and oxygen atoms in total. The zero-order chi connectivity index (χ0) is 18.0. The van der Waals surface area contributed by atoms with Crippen molar-refractivity contribution >= 4 is 31.8 Å². The van der Waals surface area contributed by atoms with Crippen LogP contribution in [0.2, 0.25) is 0 Å². The summed E-state index contributed by atoms with van der Waals surface area (Å²) in [5.74, 6) is -1.01. The molecule has 0 N–H and O–H groups in total. The SMILES string of the molecule is O=S1(=O)N(CCCCBr)C=C2CC(F)=CC=C2N1c1ccccc1F. The van der Waals surface area contributed by atoms with E-state index < -0.39 is 16.0 Å². The van der Waals surface area contributed by atoms with Gasteiger partial charge < -0.3 is 0 Å². The first kappa shape index (κ1) is 18.1. The molecule has 25 heavy (non-hydrogen) atoms. The number of unbranched alkanes of at least 4 members (excludes halogenated alkanes) is 1. The Balaban J connectivity index is 2.11. The van der Waals surface area contributed by atoms with E-state index in [-0.39, 0.29) is 30.2 Å². The Morgan fingerprint density at radius 3 is 2.60 bits per heavy atom. The lowest BCUT2D eigenvalue weighted by Crippen LogP contribution is -2.46. The van der Waals surface area contributed by atoms with Crippen LogP contribution in [0, 0.1) is 5.82 Å². The van der Waals surface area contributed by atoms with Gasteiger partial charge in [-0.3, -0.25) is 4.31 Å². The molecule has 0 amide bonds. The van der Waals surface area contributed by atoms with Crippen molar-refractivity contribution < 1.29 is 17.2 Å². The van der Waals surface area contributed by atoms with Crippen LogP contribution in [-0.4, -0.2) is 24.6 Å². The van der Waals surface area contributed by atoms with E-state index in [1.165, 1.54) is 40.9 Å². The molecule has 1 aliphatic carbocycles. The molecular formula is C17H17BrF2N2O2S. The fraction of sp³-hybridized carbons (Fsp3) is 0.294. The van der Waals surface area contributed by atoms with Crippen LogP contribution in [-0.2, 0) is 10.2 Å². The third-order valence-electron chi connectivity index (χ3n) is 3.99. The lowest BCUT2D eigenvalue weighted by Gasteiger charge is -2.38. The van der Waals surface area contributed by atoms with Gasteiger partial charge in [-0.05, 0) is 37.1 Å². The Morgan fingerprint density at radius 1 is 1.12 bits per heavy atom. The van der Waals surface area contributed by atoms with E-state index in [4.69, 9.17) is 0 Å². The van der Waals surface area contributed by atoms with Gasteiger partial charge in [0.15, 0.2) is 0 Å². The second kappa shape index (κ2) is 7.29. The Hall–Kier alpha value is -1.67. The van der Waals surface area contributed by atoms with E-state index >= 15 is 0 Å². The summed E-state index contributed by atoms with van der Waals surface area (Å²) >= 11 is 3.31. The molecule has 0 radical (unpaired) electrons. The fourth-order valence-corrected chi connectivity index (χ4v) is 4.85. The summed E-state index contributed by atoms with van der Waals surface area (Å²) < 4.78 is 56.3. The van der Waals surface area contributed by atoms with Crippen molar-refractivity contribution in [2.45, 2.75) is 19.3 Å².